The predicted octanol–water partition coefficient (Wildman–Crippen LogP) is 3.42. The fraction of sp³-hybridized carbons (Fsp3) is 0.350. The molecule has 1 aliphatic heterocycles. The van der Waals surface area contributed by atoms with Crippen LogP contribution in [-0.2, 0) is 14.8 Å². The summed E-state index contributed by atoms with van der Waals surface area (Å²) in [7, 11) is -4.13. The first-order valence-corrected chi connectivity index (χ1v) is 10.5. The second-order valence-electron chi connectivity index (χ2n) is 7.03. The molecule has 1 fully saturated rings. The Labute approximate surface area is 163 Å². The molecular weight excluding hydrogens is 386 g/mol. The van der Waals surface area contributed by atoms with Crippen molar-refractivity contribution in [3.63, 3.8) is 0 Å². The number of anilines is 1. The number of benzene rings is 2. The van der Waals surface area contributed by atoms with Gasteiger partial charge in [-0.1, -0.05) is 6.92 Å². The van der Waals surface area contributed by atoms with Crippen molar-refractivity contribution in [2.24, 2.45) is 5.92 Å². The highest BCUT2D eigenvalue weighted by molar-refractivity contribution is 7.92. The van der Waals surface area contributed by atoms with Crippen LogP contribution in [-0.4, -0.2) is 38.9 Å². The highest BCUT2D eigenvalue weighted by atomic mass is 32.2. The molecule has 150 valence electrons. The molecule has 0 aliphatic carbocycles. The van der Waals surface area contributed by atoms with Gasteiger partial charge in [-0.2, -0.15) is 0 Å². The van der Waals surface area contributed by atoms with E-state index in [1.54, 1.807) is 4.90 Å². The first-order chi connectivity index (χ1) is 13.3. The average molecular weight is 408 g/mol. The number of sulfonamides is 1. The van der Waals surface area contributed by atoms with E-state index in [2.05, 4.69) is 0 Å². The third kappa shape index (κ3) is 4.49. The molecule has 1 unspecified atom stereocenters. The van der Waals surface area contributed by atoms with Gasteiger partial charge in [0.1, 0.15) is 18.2 Å². The number of carbonyl (C=O) groups is 1. The summed E-state index contributed by atoms with van der Waals surface area (Å²) in [6, 6.07) is 9.27. The van der Waals surface area contributed by atoms with Crippen LogP contribution in [0.25, 0.3) is 0 Å². The second-order valence-corrected chi connectivity index (χ2v) is 8.89. The Morgan fingerprint density at radius 3 is 2.21 bits per heavy atom. The van der Waals surface area contributed by atoms with E-state index in [0.29, 0.717) is 19.0 Å². The minimum atomic E-state index is -4.13. The highest BCUT2D eigenvalue weighted by Gasteiger charge is 2.30. The Kier molecular flexibility index (Phi) is 5.98. The summed E-state index contributed by atoms with van der Waals surface area (Å²) in [5.74, 6) is -1.04. The van der Waals surface area contributed by atoms with Crippen molar-refractivity contribution in [1.29, 1.82) is 0 Å². The SMILES string of the molecule is CC1CCCN(C(=O)CN(c2ccc(F)cc2)S(=O)(=O)c2ccc(F)cc2)C1. The van der Waals surface area contributed by atoms with Gasteiger partial charge in [-0.25, -0.2) is 17.2 Å². The maximum atomic E-state index is 13.3. The molecule has 1 aliphatic rings. The van der Waals surface area contributed by atoms with E-state index in [9.17, 15) is 22.0 Å². The normalized spacial score (nSPS) is 17.4. The molecule has 3 rings (SSSR count). The molecule has 1 heterocycles. The molecule has 2 aromatic rings. The molecule has 0 aromatic heterocycles. The summed E-state index contributed by atoms with van der Waals surface area (Å²) >= 11 is 0. The maximum absolute atomic E-state index is 13.3. The number of likely N-dealkylation sites (tertiary alicyclic amines) is 1. The Balaban J connectivity index is 1.94. The first kappa shape index (κ1) is 20.3. The van der Waals surface area contributed by atoms with Gasteiger partial charge < -0.3 is 4.90 Å². The van der Waals surface area contributed by atoms with Crippen molar-refractivity contribution in [1.82, 2.24) is 4.90 Å². The van der Waals surface area contributed by atoms with E-state index in [4.69, 9.17) is 0 Å². The lowest BCUT2D eigenvalue weighted by molar-refractivity contribution is -0.131. The first-order valence-electron chi connectivity index (χ1n) is 9.09. The van der Waals surface area contributed by atoms with E-state index in [1.165, 1.54) is 12.1 Å². The number of hydrogen-bond donors (Lipinski definition) is 0. The van der Waals surface area contributed by atoms with Crippen LogP contribution in [0.1, 0.15) is 19.8 Å². The molecule has 28 heavy (non-hydrogen) atoms. The number of carbonyl (C=O) groups excluding carboxylic acids is 1. The Hall–Kier alpha value is -2.48. The van der Waals surface area contributed by atoms with Gasteiger partial charge in [-0.05, 0) is 67.3 Å². The number of nitrogens with zero attached hydrogens (tertiary/aromatic N) is 2. The zero-order chi connectivity index (χ0) is 20.3. The van der Waals surface area contributed by atoms with Gasteiger partial charge in [-0.3, -0.25) is 9.10 Å². The summed E-state index contributed by atoms with van der Waals surface area (Å²) in [5.41, 5.74) is 0.170. The summed E-state index contributed by atoms with van der Waals surface area (Å²) in [6.45, 7) is 2.80. The third-order valence-electron chi connectivity index (χ3n) is 4.80. The van der Waals surface area contributed by atoms with Crippen molar-refractivity contribution in [3.05, 3.63) is 60.2 Å². The summed E-state index contributed by atoms with van der Waals surface area (Å²) < 4.78 is 53.8. The molecule has 8 heteroatoms. The average Bonchev–Trinajstić information content (AvgIpc) is 2.67. The predicted molar refractivity (Wildman–Crippen MR) is 102 cm³/mol. The molecule has 1 atom stereocenters. The lowest BCUT2D eigenvalue weighted by atomic mass is 10.0. The fourth-order valence-electron chi connectivity index (χ4n) is 3.29. The number of hydrogen-bond acceptors (Lipinski definition) is 3. The quantitative estimate of drug-likeness (QED) is 0.762. The van der Waals surface area contributed by atoms with Gasteiger partial charge in [-0.15, -0.1) is 0 Å². The van der Waals surface area contributed by atoms with Crippen LogP contribution in [0.3, 0.4) is 0 Å². The Bertz CT molecular complexity index is 931. The standard InChI is InChI=1S/C20H22F2N2O3S/c1-15-3-2-12-23(13-15)20(25)14-24(18-8-4-16(21)5-9-18)28(26,27)19-10-6-17(22)7-11-19/h4-11,15H,2-3,12-14H2,1H3. The van der Waals surface area contributed by atoms with E-state index in [-0.39, 0.29) is 16.5 Å². The van der Waals surface area contributed by atoms with Crippen LogP contribution >= 0.6 is 0 Å². The lowest BCUT2D eigenvalue weighted by Crippen LogP contribution is -2.46. The summed E-state index contributed by atoms with van der Waals surface area (Å²) in [5, 5.41) is 0. The summed E-state index contributed by atoms with van der Waals surface area (Å²) in [6.07, 6.45) is 1.90. The van der Waals surface area contributed by atoms with Crippen LogP contribution in [0, 0.1) is 17.6 Å². The van der Waals surface area contributed by atoms with Crippen LogP contribution in [0.15, 0.2) is 53.4 Å². The van der Waals surface area contributed by atoms with Crippen LogP contribution < -0.4 is 4.31 Å². The zero-order valence-electron chi connectivity index (χ0n) is 15.5. The minimum absolute atomic E-state index is 0.141. The Morgan fingerprint density at radius 1 is 1.07 bits per heavy atom. The molecule has 1 amide bonds. The third-order valence-corrected chi connectivity index (χ3v) is 6.59. The van der Waals surface area contributed by atoms with Crippen LogP contribution in [0.4, 0.5) is 14.5 Å². The van der Waals surface area contributed by atoms with Crippen molar-refractivity contribution in [3.8, 4) is 0 Å². The highest BCUT2D eigenvalue weighted by Crippen LogP contribution is 2.25. The van der Waals surface area contributed by atoms with Gasteiger partial charge in [0, 0.05) is 13.1 Å². The van der Waals surface area contributed by atoms with Gasteiger partial charge >= 0.3 is 0 Å². The van der Waals surface area contributed by atoms with Gasteiger partial charge in [0.05, 0.1) is 10.6 Å². The molecule has 0 bridgehead atoms. The minimum Gasteiger partial charge on any atom is -0.341 e. The van der Waals surface area contributed by atoms with E-state index in [1.807, 2.05) is 6.92 Å². The van der Waals surface area contributed by atoms with E-state index in [0.717, 1.165) is 53.5 Å². The van der Waals surface area contributed by atoms with Gasteiger partial charge in [0.25, 0.3) is 10.0 Å². The second kappa shape index (κ2) is 8.26. The van der Waals surface area contributed by atoms with E-state index >= 15 is 0 Å². The zero-order valence-corrected chi connectivity index (χ0v) is 16.3. The number of rotatable bonds is 5. The summed E-state index contributed by atoms with van der Waals surface area (Å²) in [4.78, 5) is 14.3. The Morgan fingerprint density at radius 2 is 1.64 bits per heavy atom. The fourth-order valence-corrected chi connectivity index (χ4v) is 4.71. The molecule has 0 radical (unpaired) electrons. The van der Waals surface area contributed by atoms with E-state index < -0.39 is 28.2 Å². The van der Waals surface area contributed by atoms with Crippen molar-refractivity contribution >= 4 is 21.6 Å². The molecule has 0 N–H and O–H groups in total. The van der Waals surface area contributed by atoms with Crippen molar-refractivity contribution in [2.75, 3.05) is 23.9 Å². The molecule has 0 saturated carbocycles. The van der Waals surface area contributed by atoms with Crippen LogP contribution in [0.2, 0.25) is 0 Å². The molecule has 2 aromatic carbocycles. The molecule has 5 nitrogen and oxygen atoms in total. The van der Waals surface area contributed by atoms with Gasteiger partial charge in [0.15, 0.2) is 0 Å². The monoisotopic (exact) mass is 408 g/mol. The smallest absolute Gasteiger partial charge is 0.264 e. The van der Waals surface area contributed by atoms with Crippen molar-refractivity contribution in [2.45, 2.75) is 24.7 Å². The number of halogens is 2. The lowest BCUT2D eigenvalue weighted by Gasteiger charge is -2.33. The molecule has 0 spiro atoms. The maximum Gasteiger partial charge on any atom is 0.264 e. The van der Waals surface area contributed by atoms with Crippen molar-refractivity contribution < 1.29 is 22.0 Å². The topological polar surface area (TPSA) is 57.7 Å². The largest absolute Gasteiger partial charge is 0.341 e. The molecular formula is C20H22F2N2O3S. The number of piperidine rings is 1. The van der Waals surface area contributed by atoms with Crippen LogP contribution in [0.5, 0.6) is 0 Å². The molecule has 1 saturated heterocycles. The number of amides is 1. The van der Waals surface area contributed by atoms with Gasteiger partial charge in [0.2, 0.25) is 5.91 Å².